The van der Waals surface area contributed by atoms with Gasteiger partial charge in [-0.25, -0.2) is 4.39 Å². The summed E-state index contributed by atoms with van der Waals surface area (Å²) in [5, 5.41) is 0.200. The van der Waals surface area contributed by atoms with Crippen molar-refractivity contribution in [1.82, 2.24) is 0 Å². The van der Waals surface area contributed by atoms with Gasteiger partial charge in [0.15, 0.2) is 11.6 Å². The van der Waals surface area contributed by atoms with Gasteiger partial charge in [-0.3, -0.25) is 0 Å². The van der Waals surface area contributed by atoms with Crippen LogP contribution >= 0.6 is 11.6 Å². The minimum Gasteiger partial charge on any atom is -0.453 e. The molecule has 106 valence electrons. The van der Waals surface area contributed by atoms with Crippen LogP contribution in [0.5, 0.6) is 11.5 Å². The lowest BCUT2D eigenvalue weighted by molar-refractivity contribution is 0.434. The Morgan fingerprint density at radius 1 is 1.20 bits per heavy atom. The molecule has 2 aromatic carbocycles. The maximum Gasteiger partial charge on any atom is 0.181 e. The van der Waals surface area contributed by atoms with E-state index in [1.807, 2.05) is 6.92 Å². The third-order valence-corrected chi connectivity index (χ3v) is 3.32. The van der Waals surface area contributed by atoms with Gasteiger partial charge in [0.05, 0.1) is 5.02 Å². The van der Waals surface area contributed by atoms with Gasteiger partial charge in [0, 0.05) is 17.3 Å². The molecule has 0 aliphatic rings. The molecule has 2 aromatic rings. The highest BCUT2D eigenvalue weighted by molar-refractivity contribution is 6.32. The lowest BCUT2D eigenvalue weighted by Crippen LogP contribution is -2.11. The Balaban J connectivity index is 2.37. The predicted molar refractivity (Wildman–Crippen MR) is 79.6 cm³/mol. The monoisotopic (exact) mass is 294 g/mol. The van der Waals surface area contributed by atoms with Crippen molar-refractivity contribution in [3.63, 3.8) is 0 Å². The Labute approximate surface area is 122 Å². The van der Waals surface area contributed by atoms with Crippen LogP contribution in [0, 0.1) is 5.82 Å². The average Bonchev–Trinajstić information content (AvgIpc) is 2.45. The van der Waals surface area contributed by atoms with Gasteiger partial charge >= 0.3 is 0 Å². The summed E-state index contributed by atoms with van der Waals surface area (Å²) in [6.45, 7) is 1.89. The zero-order valence-electron chi connectivity index (χ0n) is 11.1. The van der Waals surface area contributed by atoms with Crippen LogP contribution in [0.2, 0.25) is 5.02 Å². The van der Waals surface area contributed by atoms with Crippen molar-refractivity contribution < 1.29 is 9.13 Å². The first-order chi connectivity index (χ1) is 9.52. The van der Waals surface area contributed by atoms with Crippen LogP contribution in [0.3, 0.4) is 0 Å². The van der Waals surface area contributed by atoms with Gasteiger partial charge in [0.25, 0.3) is 0 Å². The largest absolute Gasteiger partial charge is 0.453 e. The second kappa shape index (κ2) is 6.11. The third-order valence-electron chi connectivity index (χ3n) is 3.02. The van der Waals surface area contributed by atoms with E-state index in [-0.39, 0.29) is 16.8 Å². The quantitative estimate of drug-likeness (QED) is 0.828. The Morgan fingerprint density at radius 3 is 2.45 bits per heavy atom. The van der Waals surface area contributed by atoms with Crippen LogP contribution in [0.1, 0.15) is 24.9 Å². The van der Waals surface area contributed by atoms with E-state index in [0.717, 1.165) is 0 Å². The van der Waals surface area contributed by atoms with Crippen LogP contribution in [0.15, 0.2) is 36.4 Å². The summed E-state index contributed by atoms with van der Waals surface area (Å²) in [6, 6.07) is 9.42. The minimum absolute atomic E-state index is 0.0159. The van der Waals surface area contributed by atoms with E-state index < -0.39 is 5.82 Å². The van der Waals surface area contributed by atoms with Crippen LogP contribution in [-0.2, 0) is 0 Å². The highest BCUT2D eigenvalue weighted by Gasteiger charge is 2.18. The smallest absolute Gasteiger partial charge is 0.181 e. The summed E-state index contributed by atoms with van der Waals surface area (Å²) >= 11 is 6.00. The van der Waals surface area contributed by atoms with Crippen molar-refractivity contribution in [1.29, 1.82) is 0 Å². The number of ether oxygens (including phenoxy) is 1. The summed E-state index contributed by atoms with van der Waals surface area (Å²) in [7, 11) is 0. The summed E-state index contributed by atoms with van der Waals surface area (Å²) in [4.78, 5) is 0. The molecule has 3 nitrogen and oxygen atoms in total. The number of nitrogens with two attached hydrogens (primary N) is 2. The first-order valence-electron chi connectivity index (χ1n) is 6.29. The molecule has 0 heterocycles. The molecule has 5 heteroatoms. The second-order valence-electron chi connectivity index (χ2n) is 4.47. The molecule has 0 aromatic heterocycles. The minimum atomic E-state index is -0.524. The molecule has 0 aliphatic heterocycles. The summed E-state index contributed by atoms with van der Waals surface area (Å²) in [5.41, 5.74) is 12.5. The molecular formula is C15H16ClFN2O. The Morgan fingerprint density at radius 2 is 1.85 bits per heavy atom. The standard InChI is InChI=1S/C15H16ClFN2O/c1-2-13(19)11-7-8-12(16)15(14(11)17)20-10-5-3-9(18)4-6-10/h3-8,13H,2,18-19H2,1H3/t13-/m1/s1. The topological polar surface area (TPSA) is 61.3 Å². The summed E-state index contributed by atoms with van der Waals surface area (Å²) in [5.74, 6) is -0.0799. The van der Waals surface area contributed by atoms with E-state index in [0.29, 0.717) is 23.4 Å². The van der Waals surface area contributed by atoms with Gasteiger partial charge in [0.2, 0.25) is 0 Å². The molecule has 0 spiro atoms. The lowest BCUT2D eigenvalue weighted by atomic mass is 10.0. The average molecular weight is 295 g/mol. The Kier molecular flexibility index (Phi) is 4.47. The number of benzene rings is 2. The number of nitrogen functional groups attached to an aromatic ring is 1. The number of halogens is 2. The molecule has 0 bridgehead atoms. The van der Waals surface area contributed by atoms with E-state index in [4.69, 9.17) is 27.8 Å². The molecule has 20 heavy (non-hydrogen) atoms. The normalized spacial score (nSPS) is 12.2. The van der Waals surface area contributed by atoms with Crippen molar-refractivity contribution in [2.75, 3.05) is 5.73 Å². The van der Waals surface area contributed by atoms with Gasteiger partial charge in [-0.1, -0.05) is 24.6 Å². The fourth-order valence-electron chi connectivity index (χ4n) is 1.80. The first kappa shape index (κ1) is 14.6. The van der Waals surface area contributed by atoms with E-state index in [1.54, 1.807) is 36.4 Å². The van der Waals surface area contributed by atoms with Gasteiger partial charge in [-0.2, -0.15) is 0 Å². The zero-order chi connectivity index (χ0) is 14.7. The van der Waals surface area contributed by atoms with E-state index >= 15 is 0 Å². The molecule has 0 unspecified atom stereocenters. The number of hydrogen-bond donors (Lipinski definition) is 2. The molecular weight excluding hydrogens is 279 g/mol. The molecule has 0 aliphatic carbocycles. The van der Waals surface area contributed by atoms with Crippen LogP contribution < -0.4 is 16.2 Å². The second-order valence-corrected chi connectivity index (χ2v) is 4.87. The fourth-order valence-corrected chi connectivity index (χ4v) is 1.99. The summed E-state index contributed by atoms with van der Waals surface area (Å²) < 4.78 is 19.9. The van der Waals surface area contributed by atoms with Gasteiger partial charge in [-0.15, -0.1) is 0 Å². The summed E-state index contributed by atoms with van der Waals surface area (Å²) in [6.07, 6.45) is 0.625. The highest BCUT2D eigenvalue weighted by Crippen LogP contribution is 2.36. The predicted octanol–water partition coefficient (Wildman–Crippen LogP) is 4.26. The van der Waals surface area contributed by atoms with Gasteiger partial charge < -0.3 is 16.2 Å². The molecule has 0 saturated carbocycles. The number of rotatable bonds is 4. The molecule has 0 saturated heterocycles. The molecule has 2 rings (SSSR count). The van der Waals surface area contributed by atoms with Crippen LogP contribution in [-0.4, -0.2) is 0 Å². The van der Waals surface area contributed by atoms with Crippen molar-refractivity contribution >= 4 is 17.3 Å². The van der Waals surface area contributed by atoms with E-state index in [9.17, 15) is 4.39 Å². The van der Waals surface area contributed by atoms with Crippen LogP contribution in [0.25, 0.3) is 0 Å². The maximum absolute atomic E-state index is 14.4. The third kappa shape index (κ3) is 3.03. The molecule has 0 radical (unpaired) electrons. The van der Waals surface area contributed by atoms with Gasteiger partial charge in [0.1, 0.15) is 5.75 Å². The molecule has 0 fully saturated rings. The molecule has 1 atom stereocenters. The zero-order valence-corrected chi connectivity index (χ0v) is 11.8. The van der Waals surface area contributed by atoms with Crippen molar-refractivity contribution in [3.8, 4) is 11.5 Å². The number of hydrogen-bond acceptors (Lipinski definition) is 3. The Bertz CT molecular complexity index is 602. The maximum atomic E-state index is 14.4. The fraction of sp³-hybridized carbons (Fsp3) is 0.200. The highest BCUT2D eigenvalue weighted by atomic mass is 35.5. The first-order valence-corrected chi connectivity index (χ1v) is 6.67. The van der Waals surface area contributed by atoms with Crippen LogP contribution in [0.4, 0.5) is 10.1 Å². The molecule has 0 amide bonds. The van der Waals surface area contributed by atoms with Crippen molar-refractivity contribution in [2.24, 2.45) is 5.73 Å². The lowest BCUT2D eigenvalue weighted by Gasteiger charge is -2.15. The van der Waals surface area contributed by atoms with E-state index in [2.05, 4.69) is 0 Å². The Hall–Kier alpha value is -1.78. The van der Waals surface area contributed by atoms with Crippen molar-refractivity contribution in [3.05, 3.63) is 52.8 Å². The number of anilines is 1. The molecule has 4 N–H and O–H groups in total. The van der Waals surface area contributed by atoms with Crippen molar-refractivity contribution in [2.45, 2.75) is 19.4 Å². The van der Waals surface area contributed by atoms with Gasteiger partial charge in [-0.05, 0) is 36.8 Å². The SMILES string of the molecule is CC[C@@H](N)c1ccc(Cl)c(Oc2ccc(N)cc2)c1F. The van der Waals surface area contributed by atoms with E-state index in [1.165, 1.54) is 0 Å².